The highest BCUT2D eigenvalue weighted by Gasteiger charge is 2.28. The van der Waals surface area contributed by atoms with Crippen LogP contribution in [0.3, 0.4) is 0 Å². The van der Waals surface area contributed by atoms with E-state index in [0.717, 1.165) is 28.3 Å². The molecule has 0 saturated carbocycles. The van der Waals surface area contributed by atoms with Gasteiger partial charge in [-0.2, -0.15) is 0 Å². The van der Waals surface area contributed by atoms with Crippen LogP contribution in [0.15, 0.2) is 53.5 Å². The Morgan fingerprint density at radius 2 is 1.85 bits per heavy atom. The van der Waals surface area contributed by atoms with Gasteiger partial charge in [0.05, 0.1) is 5.71 Å². The molecule has 2 aromatic rings. The summed E-state index contributed by atoms with van der Waals surface area (Å²) in [5.41, 5.74) is 3.38. The normalized spacial score (nSPS) is 15.8. The minimum Gasteiger partial charge on any atom is -0.466 e. The Morgan fingerprint density at radius 1 is 1.10 bits per heavy atom. The zero-order valence-corrected chi connectivity index (χ0v) is 12.3. The molecule has 1 heterocycles. The van der Waals surface area contributed by atoms with Crippen molar-refractivity contribution in [1.29, 1.82) is 0 Å². The van der Waals surface area contributed by atoms with Crippen LogP contribution in [0.1, 0.15) is 25.0 Å². The van der Waals surface area contributed by atoms with Gasteiger partial charge < -0.3 is 9.46 Å². The molecular weight excluding hydrogens is 268 g/mol. The van der Waals surface area contributed by atoms with Crippen LogP contribution in [-0.4, -0.2) is 11.4 Å². The molecule has 0 atom stereocenters. The van der Waals surface area contributed by atoms with Crippen molar-refractivity contribution in [2.45, 2.75) is 19.6 Å². The number of aliphatic imine (C=N–C) groups is 1. The second-order valence-corrected chi connectivity index (χ2v) is 5.42. The Morgan fingerprint density at radius 3 is 2.55 bits per heavy atom. The number of hydrogen-bond donors (Lipinski definition) is 2. The van der Waals surface area contributed by atoms with Gasteiger partial charge in [0.15, 0.2) is 5.72 Å². The van der Waals surface area contributed by atoms with Crippen LogP contribution in [0.25, 0.3) is 0 Å². The number of thiol groups is 1. The SMILES string of the molecule is CC1(C)N=C(c2ccccc2)c2ccc(NS)cc2O1. The number of benzene rings is 2. The molecule has 0 saturated heterocycles. The van der Waals surface area contributed by atoms with Gasteiger partial charge >= 0.3 is 0 Å². The average molecular weight is 284 g/mol. The van der Waals surface area contributed by atoms with E-state index in [1.54, 1.807) is 0 Å². The average Bonchev–Trinajstić information content (AvgIpc) is 2.45. The van der Waals surface area contributed by atoms with Gasteiger partial charge in [0, 0.05) is 22.9 Å². The Hall–Kier alpha value is -1.94. The lowest BCUT2D eigenvalue weighted by Gasteiger charge is -2.30. The summed E-state index contributed by atoms with van der Waals surface area (Å²) < 4.78 is 8.79. The van der Waals surface area contributed by atoms with E-state index in [1.807, 2.05) is 50.2 Å². The number of ether oxygens (including phenoxy) is 1. The Kier molecular flexibility index (Phi) is 3.18. The van der Waals surface area contributed by atoms with E-state index in [-0.39, 0.29) is 0 Å². The van der Waals surface area contributed by atoms with Gasteiger partial charge in [-0.15, -0.1) is 0 Å². The number of fused-ring (bicyclic) bond motifs is 1. The van der Waals surface area contributed by atoms with Gasteiger partial charge in [-0.25, -0.2) is 4.99 Å². The molecule has 0 spiro atoms. The summed E-state index contributed by atoms with van der Waals surface area (Å²) in [6, 6.07) is 16.1. The van der Waals surface area contributed by atoms with Crippen LogP contribution in [0, 0.1) is 0 Å². The van der Waals surface area contributed by atoms with E-state index < -0.39 is 5.72 Å². The zero-order chi connectivity index (χ0) is 14.2. The molecule has 3 rings (SSSR count). The van der Waals surface area contributed by atoms with Gasteiger partial charge in [-0.1, -0.05) is 43.1 Å². The second kappa shape index (κ2) is 4.87. The summed E-state index contributed by atoms with van der Waals surface area (Å²) in [7, 11) is 0. The largest absolute Gasteiger partial charge is 0.466 e. The molecular formula is C16H16N2OS. The summed E-state index contributed by atoms with van der Waals surface area (Å²) >= 11 is 4.08. The molecule has 1 aliphatic heterocycles. The summed E-state index contributed by atoms with van der Waals surface area (Å²) in [4.78, 5) is 4.74. The van der Waals surface area contributed by atoms with Crippen molar-refractivity contribution in [2.75, 3.05) is 4.72 Å². The lowest BCUT2D eigenvalue weighted by atomic mass is 9.99. The van der Waals surface area contributed by atoms with Gasteiger partial charge in [0.1, 0.15) is 5.75 Å². The number of hydrogen-bond acceptors (Lipinski definition) is 4. The topological polar surface area (TPSA) is 33.6 Å². The fourth-order valence-electron chi connectivity index (χ4n) is 2.31. The maximum Gasteiger partial charge on any atom is 0.195 e. The van der Waals surface area contributed by atoms with E-state index in [4.69, 9.17) is 9.73 Å². The fourth-order valence-corrected chi connectivity index (χ4v) is 2.45. The van der Waals surface area contributed by atoms with E-state index in [9.17, 15) is 0 Å². The minimum atomic E-state index is -0.576. The van der Waals surface area contributed by atoms with Gasteiger partial charge in [0.25, 0.3) is 0 Å². The highest BCUT2D eigenvalue weighted by atomic mass is 32.1. The first-order valence-electron chi connectivity index (χ1n) is 6.48. The molecule has 1 aliphatic rings. The zero-order valence-electron chi connectivity index (χ0n) is 11.4. The van der Waals surface area contributed by atoms with Crippen molar-refractivity contribution >= 4 is 24.2 Å². The van der Waals surface area contributed by atoms with E-state index in [0.29, 0.717) is 0 Å². The molecule has 3 nitrogen and oxygen atoms in total. The third-order valence-corrected chi connectivity index (χ3v) is 3.41. The number of nitrogens with one attached hydrogen (secondary N) is 1. The molecule has 0 radical (unpaired) electrons. The van der Waals surface area contributed by atoms with E-state index in [1.165, 1.54) is 0 Å². The third kappa shape index (κ3) is 2.39. The number of rotatable bonds is 2. The van der Waals surface area contributed by atoms with Crippen LogP contribution >= 0.6 is 12.8 Å². The number of anilines is 1. The highest BCUT2D eigenvalue weighted by Crippen LogP contribution is 2.34. The molecule has 0 amide bonds. The monoisotopic (exact) mass is 284 g/mol. The first-order valence-corrected chi connectivity index (χ1v) is 6.92. The molecule has 0 bridgehead atoms. The number of nitrogens with zero attached hydrogens (tertiary/aromatic N) is 1. The van der Waals surface area contributed by atoms with Crippen molar-refractivity contribution in [1.82, 2.24) is 0 Å². The van der Waals surface area contributed by atoms with Crippen LogP contribution in [0.2, 0.25) is 0 Å². The van der Waals surface area contributed by atoms with Crippen molar-refractivity contribution in [3.05, 3.63) is 59.7 Å². The maximum atomic E-state index is 5.95. The first-order chi connectivity index (χ1) is 9.59. The van der Waals surface area contributed by atoms with Crippen molar-refractivity contribution in [3.63, 3.8) is 0 Å². The van der Waals surface area contributed by atoms with Crippen molar-refractivity contribution < 1.29 is 4.74 Å². The molecule has 0 fully saturated rings. The lowest BCUT2D eigenvalue weighted by molar-refractivity contribution is 0.115. The molecule has 0 unspecified atom stereocenters. The van der Waals surface area contributed by atoms with Crippen LogP contribution in [0.5, 0.6) is 5.75 Å². The third-order valence-electron chi connectivity index (χ3n) is 3.15. The quantitative estimate of drug-likeness (QED) is 0.820. The van der Waals surface area contributed by atoms with Gasteiger partial charge in [-0.3, -0.25) is 0 Å². The van der Waals surface area contributed by atoms with E-state index >= 15 is 0 Å². The smallest absolute Gasteiger partial charge is 0.195 e. The predicted molar refractivity (Wildman–Crippen MR) is 85.8 cm³/mol. The van der Waals surface area contributed by atoms with Gasteiger partial charge in [0.2, 0.25) is 0 Å². The molecule has 20 heavy (non-hydrogen) atoms. The van der Waals surface area contributed by atoms with Crippen LogP contribution < -0.4 is 9.46 Å². The molecule has 0 aliphatic carbocycles. The maximum absolute atomic E-state index is 5.95. The highest BCUT2D eigenvalue weighted by molar-refractivity contribution is 7.81. The summed E-state index contributed by atoms with van der Waals surface area (Å²) in [6.45, 7) is 3.92. The lowest BCUT2D eigenvalue weighted by Crippen LogP contribution is -2.32. The summed E-state index contributed by atoms with van der Waals surface area (Å²) in [6.07, 6.45) is 0. The van der Waals surface area contributed by atoms with Crippen molar-refractivity contribution in [3.8, 4) is 5.75 Å². The minimum absolute atomic E-state index is 0.576. The predicted octanol–water partition coefficient (Wildman–Crippen LogP) is 3.91. The van der Waals surface area contributed by atoms with Gasteiger partial charge in [-0.05, 0) is 26.0 Å². The molecule has 2 aromatic carbocycles. The van der Waals surface area contributed by atoms with Crippen LogP contribution in [0.4, 0.5) is 5.69 Å². The molecule has 102 valence electrons. The Labute approximate surface area is 124 Å². The Balaban J connectivity index is 2.17. The molecule has 4 heteroatoms. The Bertz CT molecular complexity index is 665. The molecule has 1 N–H and O–H groups in total. The summed E-state index contributed by atoms with van der Waals surface area (Å²) in [5, 5.41) is 0. The van der Waals surface area contributed by atoms with Crippen molar-refractivity contribution in [2.24, 2.45) is 4.99 Å². The van der Waals surface area contributed by atoms with E-state index in [2.05, 4.69) is 29.7 Å². The van der Waals surface area contributed by atoms with Crippen LogP contribution in [-0.2, 0) is 0 Å². The standard InChI is InChI=1S/C16H16N2OS/c1-16(2)17-15(11-6-4-3-5-7-11)13-9-8-12(18-20)10-14(13)19-16/h3-10,18,20H,1-2H3. The fraction of sp³-hybridized carbons (Fsp3) is 0.188. The summed E-state index contributed by atoms with van der Waals surface area (Å²) in [5.74, 6) is 0.822. The molecule has 0 aromatic heterocycles. The second-order valence-electron chi connectivity index (χ2n) is 5.20. The first kappa shape index (κ1) is 13.1.